The maximum absolute atomic E-state index is 13.0. The zero-order valence-corrected chi connectivity index (χ0v) is 17.1. The molecule has 1 aromatic rings. The summed E-state index contributed by atoms with van der Waals surface area (Å²) in [4.78, 5) is 43.0. The zero-order valence-electron chi connectivity index (χ0n) is 17.1. The first-order valence-corrected chi connectivity index (χ1v) is 10.4. The van der Waals surface area contributed by atoms with Crippen molar-refractivity contribution in [3.63, 3.8) is 0 Å². The fourth-order valence-corrected chi connectivity index (χ4v) is 4.59. The van der Waals surface area contributed by atoms with Gasteiger partial charge in [-0.25, -0.2) is 4.98 Å². The molecule has 1 aliphatic heterocycles. The highest BCUT2D eigenvalue weighted by Gasteiger charge is 2.37. The summed E-state index contributed by atoms with van der Waals surface area (Å²) in [5, 5.41) is 2.57. The lowest BCUT2D eigenvalue weighted by molar-refractivity contribution is -0.147. The van der Waals surface area contributed by atoms with Crippen molar-refractivity contribution in [3.05, 3.63) is 17.8 Å². The molecule has 3 amide bonds. The van der Waals surface area contributed by atoms with Crippen LogP contribution in [0.4, 0.5) is 5.69 Å². The van der Waals surface area contributed by atoms with Gasteiger partial charge in [0.1, 0.15) is 5.56 Å². The highest BCUT2D eigenvalue weighted by molar-refractivity contribution is 6.39. The molecule has 1 aromatic heterocycles. The van der Waals surface area contributed by atoms with Gasteiger partial charge in [0.25, 0.3) is 5.91 Å². The van der Waals surface area contributed by atoms with E-state index in [1.807, 2.05) is 0 Å². The molecule has 2 fully saturated rings. The molecule has 3 N–H and O–H groups in total. The van der Waals surface area contributed by atoms with Crippen LogP contribution >= 0.6 is 0 Å². The number of pyridine rings is 1. The molecule has 0 spiro atoms. The van der Waals surface area contributed by atoms with E-state index in [9.17, 15) is 14.4 Å². The number of ether oxygens (including phenoxy) is 1. The SMILES string of the molecule is COc1ncc(NC(=O)C(=O)N2C[C@@H](C)CC[C@@H]2C2CCCCC2)cc1C(N)=O. The second-order valence-electron chi connectivity index (χ2n) is 8.20. The maximum Gasteiger partial charge on any atom is 0.313 e. The summed E-state index contributed by atoms with van der Waals surface area (Å²) in [6.45, 7) is 2.71. The van der Waals surface area contributed by atoms with E-state index in [0.717, 1.165) is 25.7 Å². The first-order chi connectivity index (χ1) is 13.9. The molecule has 0 bridgehead atoms. The quantitative estimate of drug-likeness (QED) is 0.750. The van der Waals surface area contributed by atoms with Crippen LogP contribution in [0.15, 0.2) is 12.3 Å². The number of carbonyl (C=O) groups excluding carboxylic acids is 3. The predicted molar refractivity (Wildman–Crippen MR) is 108 cm³/mol. The Balaban J connectivity index is 1.74. The number of methoxy groups -OCH3 is 1. The number of amides is 3. The van der Waals surface area contributed by atoms with Crippen molar-refractivity contribution in [3.8, 4) is 5.88 Å². The van der Waals surface area contributed by atoms with Crippen molar-refractivity contribution < 1.29 is 19.1 Å². The number of hydrogen-bond acceptors (Lipinski definition) is 5. The Bertz CT molecular complexity index is 776. The van der Waals surface area contributed by atoms with E-state index < -0.39 is 17.7 Å². The highest BCUT2D eigenvalue weighted by atomic mass is 16.5. The molecule has 0 unspecified atom stereocenters. The average Bonchev–Trinajstić information content (AvgIpc) is 2.73. The van der Waals surface area contributed by atoms with E-state index in [0.29, 0.717) is 18.4 Å². The van der Waals surface area contributed by atoms with Crippen LogP contribution in [0.5, 0.6) is 5.88 Å². The summed E-state index contributed by atoms with van der Waals surface area (Å²) >= 11 is 0. The first-order valence-electron chi connectivity index (χ1n) is 10.4. The lowest BCUT2D eigenvalue weighted by Gasteiger charge is -2.43. The van der Waals surface area contributed by atoms with Gasteiger partial charge in [0.05, 0.1) is 19.0 Å². The summed E-state index contributed by atoms with van der Waals surface area (Å²) in [7, 11) is 1.37. The van der Waals surface area contributed by atoms with Gasteiger partial charge in [-0.3, -0.25) is 14.4 Å². The van der Waals surface area contributed by atoms with Crippen LogP contribution < -0.4 is 15.8 Å². The third-order valence-corrected chi connectivity index (χ3v) is 6.08. The lowest BCUT2D eigenvalue weighted by Crippen LogP contribution is -2.53. The molecule has 2 atom stereocenters. The lowest BCUT2D eigenvalue weighted by atomic mass is 9.78. The van der Waals surface area contributed by atoms with E-state index in [4.69, 9.17) is 10.5 Å². The Hall–Kier alpha value is -2.64. The third-order valence-electron chi connectivity index (χ3n) is 6.08. The van der Waals surface area contributed by atoms with Gasteiger partial charge < -0.3 is 20.7 Å². The van der Waals surface area contributed by atoms with Crippen molar-refractivity contribution in [1.82, 2.24) is 9.88 Å². The minimum Gasteiger partial charge on any atom is -0.480 e. The van der Waals surface area contributed by atoms with Crippen LogP contribution in [0.2, 0.25) is 0 Å². The normalized spacial score (nSPS) is 22.8. The summed E-state index contributed by atoms with van der Waals surface area (Å²) < 4.78 is 5.00. The van der Waals surface area contributed by atoms with Gasteiger partial charge in [-0.2, -0.15) is 0 Å². The van der Waals surface area contributed by atoms with E-state index in [2.05, 4.69) is 17.2 Å². The van der Waals surface area contributed by atoms with Crippen molar-refractivity contribution in [2.24, 2.45) is 17.6 Å². The number of primary amides is 1. The van der Waals surface area contributed by atoms with Crippen molar-refractivity contribution in [2.45, 2.75) is 57.9 Å². The summed E-state index contributed by atoms with van der Waals surface area (Å²) in [5.41, 5.74) is 5.62. The number of nitrogens with zero attached hydrogens (tertiary/aromatic N) is 2. The van der Waals surface area contributed by atoms with Crippen molar-refractivity contribution in [2.75, 3.05) is 19.0 Å². The number of hydrogen-bond donors (Lipinski definition) is 2. The monoisotopic (exact) mass is 402 g/mol. The van der Waals surface area contributed by atoms with Gasteiger partial charge in [-0.15, -0.1) is 0 Å². The number of nitrogens with one attached hydrogen (secondary N) is 1. The number of piperidine rings is 1. The minimum atomic E-state index is -0.723. The molecule has 2 heterocycles. The molecule has 8 heteroatoms. The van der Waals surface area contributed by atoms with E-state index >= 15 is 0 Å². The van der Waals surface area contributed by atoms with Crippen LogP contribution in [0.25, 0.3) is 0 Å². The summed E-state index contributed by atoms with van der Waals surface area (Å²) in [5.74, 6) is -1.05. The molecule has 1 saturated carbocycles. The largest absolute Gasteiger partial charge is 0.480 e. The maximum atomic E-state index is 13.0. The first kappa shape index (κ1) is 21.1. The molecule has 158 valence electrons. The van der Waals surface area contributed by atoms with Gasteiger partial charge in [0.2, 0.25) is 5.88 Å². The van der Waals surface area contributed by atoms with E-state index in [-0.39, 0.29) is 23.2 Å². The van der Waals surface area contributed by atoms with Crippen LogP contribution in [0.1, 0.15) is 62.2 Å². The summed E-state index contributed by atoms with van der Waals surface area (Å²) in [6.07, 6.45) is 9.24. The smallest absolute Gasteiger partial charge is 0.313 e. The second kappa shape index (κ2) is 9.24. The van der Waals surface area contributed by atoms with Crippen LogP contribution in [-0.2, 0) is 9.59 Å². The van der Waals surface area contributed by atoms with Gasteiger partial charge >= 0.3 is 11.8 Å². The Labute approximate surface area is 171 Å². The number of likely N-dealkylation sites (tertiary alicyclic amines) is 1. The minimum absolute atomic E-state index is 0.0458. The van der Waals surface area contributed by atoms with Crippen LogP contribution in [0, 0.1) is 11.8 Å². The molecule has 1 saturated heterocycles. The Kier molecular flexibility index (Phi) is 6.71. The highest BCUT2D eigenvalue weighted by Crippen LogP contribution is 2.35. The van der Waals surface area contributed by atoms with Gasteiger partial charge in [-0.1, -0.05) is 26.2 Å². The molecule has 29 heavy (non-hydrogen) atoms. The van der Waals surface area contributed by atoms with E-state index in [1.165, 1.54) is 38.6 Å². The Morgan fingerprint density at radius 2 is 1.90 bits per heavy atom. The number of nitrogens with two attached hydrogens (primary N) is 1. The Morgan fingerprint density at radius 3 is 2.55 bits per heavy atom. The number of rotatable bonds is 4. The van der Waals surface area contributed by atoms with Crippen molar-refractivity contribution >= 4 is 23.4 Å². The van der Waals surface area contributed by atoms with Gasteiger partial charge in [0, 0.05) is 12.6 Å². The predicted octanol–water partition coefficient (Wildman–Crippen LogP) is 2.33. The molecule has 2 aliphatic rings. The fraction of sp³-hybridized carbons (Fsp3) is 0.619. The molecule has 3 rings (SSSR count). The van der Waals surface area contributed by atoms with Crippen LogP contribution in [0.3, 0.4) is 0 Å². The molecule has 0 aromatic carbocycles. The molecular formula is C21H30N4O4. The van der Waals surface area contributed by atoms with E-state index in [1.54, 1.807) is 4.90 Å². The zero-order chi connectivity index (χ0) is 21.0. The summed E-state index contributed by atoms with van der Waals surface area (Å²) in [6, 6.07) is 1.50. The number of anilines is 1. The molecule has 1 aliphatic carbocycles. The number of aromatic nitrogens is 1. The molecular weight excluding hydrogens is 372 g/mol. The standard InChI is InChI=1S/C21H30N4O4/c1-13-8-9-17(14-6-4-3-5-7-14)25(12-13)21(28)19(27)24-15-10-16(18(22)26)20(29-2)23-11-15/h10-11,13-14,17H,3-9,12H2,1-2H3,(H2,22,26)(H,24,27)/t13-,17+/m0/s1. The third kappa shape index (κ3) is 4.86. The van der Waals surface area contributed by atoms with Gasteiger partial charge in [0.15, 0.2) is 0 Å². The average molecular weight is 402 g/mol. The molecule has 8 nitrogen and oxygen atoms in total. The fourth-order valence-electron chi connectivity index (χ4n) is 4.59. The Morgan fingerprint density at radius 1 is 1.17 bits per heavy atom. The second-order valence-corrected chi connectivity index (χ2v) is 8.20. The topological polar surface area (TPSA) is 115 Å². The van der Waals surface area contributed by atoms with Crippen LogP contribution in [-0.4, -0.2) is 47.3 Å². The van der Waals surface area contributed by atoms with Crippen molar-refractivity contribution in [1.29, 1.82) is 0 Å². The molecule has 0 radical (unpaired) electrons. The van der Waals surface area contributed by atoms with Gasteiger partial charge in [-0.05, 0) is 43.6 Å². The number of carbonyl (C=O) groups is 3.